The van der Waals surface area contributed by atoms with E-state index in [4.69, 9.17) is 9.47 Å². The van der Waals surface area contributed by atoms with Crippen LogP contribution in [-0.4, -0.2) is 60.6 Å². The van der Waals surface area contributed by atoms with Crippen LogP contribution in [0, 0.1) is 11.8 Å². The van der Waals surface area contributed by atoms with Gasteiger partial charge in [-0.25, -0.2) is 8.42 Å². The Bertz CT molecular complexity index is 415. The first-order valence-corrected chi connectivity index (χ1v) is 9.99. The zero-order valence-electron chi connectivity index (χ0n) is 16.2. The molecule has 0 amide bonds. The molecule has 146 valence electrons. The largest absolute Gasteiger partial charge is 1.00 e. The molecule has 7 nitrogen and oxygen atoms in total. The molecule has 5 unspecified atom stereocenters. The fraction of sp³-hybridized carbons (Fsp3) is 1.00. The maximum Gasteiger partial charge on any atom is 1.00 e. The van der Waals surface area contributed by atoms with E-state index in [1.807, 2.05) is 13.8 Å². The summed E-state index contributed by atoms with van der Waals surface area (Å²) in [4.78, 5) is 0. The molecule has 0 saturated carbocycles. The average Bonchev–Trinajstić information content (AvgIpc) is 2.38. The molecule has 0 fully saturated rings. The van der Waals surface area contributed by atoms with Gasteiger partial charge in [-0.1, -0.05) is 13.8 Å². The van der Waals surface area contributed by atoms with Crippen molar-refractivity contribution in [1.82, 2.24) is 0 Å². The third kappa shape index (κ3) is 16.6. The Balaban J connectivity index is 0. The van der Waals surface area contributed by atoms with E-state index in [9.17, 15) is 23.2 Å². The molecule has 0 aliphatic carbocycles. The SMILES string of the molecule is CC(O)CC(C)COCCCC(OCC(C)CC(C)O)S(=O)(=O)[O-].[Na+]. The zero-order valence-corrected chi connectivity index (χ0v) is 19.0. The fourth-order valence-corrected chi connectivity index (χ4v) is 3.22. The van der Waals surface area contributed by atoms with Crippen LogP contribution >= 0.6 is 0 Å². The average molecular weight is 392 g/mol. The van der Waals surface area contributed by atoms with Gasteiger partial charge in [-0.2, -0.15) is 0 Å². The number of aliphatic hydroxyl groups is 2. The van der Waals surface area contributed by atoms with Crippen molar-refractivity contribution in [1.29, 1.82) is 0 Å². The van der Waals surface area contributed by atoms with Crippen LogP contribution in [0.15, 0.2) is 0 Å². The van der Waals surface area contributed by atoms with E-state index in [0.717, 1.165) is 0 Å². The van der Waals surface area contributed by atoms with E-state index >= 15 is 0 Å². The minimum atomic E-state index is -4.53. The summed E-state index contributed by atoms with van der Waals surface area (Å²) in [5, 5.41) is 18.5. The zero-order chi connectivity index (χ0) is 18.8. The van der Waals surface area contributed by atoms with Crippen molar-refractivity contribution < 1.29 is 62.2 Å². The second-order valence-electron chi connectivity index (χ2n) is 6.85. The smallest absolute Gasteiger partial charge is 0.746 e. The molecule has 0 saturated heterocycles. The van der Waals surface area contributed by atoms with Crippen molar-refractivity contribution in [2.75, 3.05) is 19.8 Å². The Hall–Kier alpha value is 0.750. The molecule has 0 radical (unpaired) electrons. The summed E-state index contributed by atoms with van der Waals surface area (Å²) >= 11 is 0. The number of hydrogen-bond acceptors (Lipinski definition) is 7. The van der Waals surface area contributed by atoms with Gasteiger partial charge in [0.15, 0.2) is 0 Å². The predicted molar refractivity (Wildman–Crippen MR) is 90.4 cm³/mol. The van der Waals surface area contributed by atoms with Gasteiger partial charge in [-0.3, -0.25) is 0 Å². The van der Waals surface area contributed by atoms with Crippen LogP contribution in [-0.2, 0) is 19.6 Å². The molecule has 9 heteroatoms. The molecule has 0 aromatic heterocycles. The number of aliphatic hydroxyl groups excluding tert-OH is 2. The van der Waals surface area contributed by atoms with Crippen LogP contribution in [0.4, 0.5) is 0 Å². The van der Waals surface area contributed by atoms with Gasteiger partial charge in [-0.05, 0) is 51.4 Å². The van der Waals surface area contributed by atoms with Crippen LogP contribution in [0.1, 0.15) is 53.4 Å². The second-order valence-corrected chi connectivity index (χ2v) is 8.36. The Morgan fingerprint density at radius 2 is 1.44 bits per heavy atom. The number of hydrogen-bond donors (Lipinski definition) is 2. The summed E-state index contributed by atoms with van der Waals surface area (Å²) < 4.78 is 44.5. The quantitative estimate of drug-likeness (QED) is 0.210. The summed E-state index contributed by atoms with van der Waals surface area (Å²) in [6, 6.07) is 0. The Morgan fingerprint density at radius 1 is 0.960 bits per heavy atom. The van der Waals surface area contributed by atoms with Crippen molar-refractivity contribution in [2.24, 2.45) is 11.8 Å². The van der Waals surface area contributed by atoms with Gasteiger partial charge in [-0.15, -0.1) is 0 Å². The van der Waals surface area contributed by atoms with Crippen LogP contribution in [0.2, 0.25) is 0 Å². The fourth-order valence-electron chi connectivity index (χ4n) is 2.52. The van der Waals surface area contributed by atoms with Crippen LogP contribution < -0.4 is 29.6 Å². The molecule has 0 aliphatic rings. The van der Waals surface area contributed by atoms with E-state index in [1.54, 1.807) is 13.8 Å². The van der Waals surface area contributed by atoms with Gasteiger partial charge < -0.3 is 24.2 Å². The molecule has 0 aromatic carbocycles. The molecule has 2 N–H and O–H groups in total. The third-order valence-corrected chi connectivity index (χ3v) is 4.52. The molecule has 0 aliphatic heterocycles. The van der Waals surface area contributed by atoms with Gasteiger partial charge in [0, 0.05) is 13.2 Å². The van der Waals surface area contributed by atoms with Crippen molar-refractivity contribution in [3.8, 4) is 0 Å². The minimum absolute atomic E-state index is 0. The first-order chi connectivity index (χ1) is 11.0. The molecule has 5 atom stereocenters. The van der Waals surface area contributed by atoms with Gasteiger partial charge in [0.2, 0.25) is 0 Å². The van der Waals surface area contributed by atoms with Gasteiger partial charge in [0.25, 0.3) is 0 Å². The maximum absolute atomic E-state index is 11.3. The van der Waals surface area contributed by atoms with Crippen LogP contribution in [0.5, 0.6) is 0 Å². The Labute approximate surface area is 174 Å². The first-order valence-electron chi connectivity index (χ1n) is 8.52. The summed E-state index contributed by atoms with van der Waals surface area (Å²) in [5.74, 6) is 0.174. The van der Waals surface area contributed by atoms with E-state index in [1.165, 1.54) is 0 Å². The van der Waals surface area contributed by atoms with Gasteiger partial charge in [0.05, 0.1) is 18.8 Å². The van der Waals surface area contributed by atoms with Crippen LogP contribution in [0.3, 0.4) is 0 Å². The molecule has 0 heterocycles. The van der Waals surface area contributed by atoms with Crippen molar-refractivity contribution >= 4 is 10.1 Å². The Morgan fingerprint density at radius 3 is 1.88 bits per heavy atom. The molecule has 0 aromatic rings. The van der Waals surface area contributed by atoms with Crippen LogP contribution in [0.25, 0.3) is 0 Å². The van der Waals surface area contributed by atoms with E-state index < -0.39 is 21.7 Å². The standard InChI is InChI=1S/C16H34O7S.Na/c1-12(8-14(3)17)10-22-7-5-6-16(24(19,20)21)23-11-13(2)9-15(4)18;/h12-18H,5-11H2,1-4H3,(H,19,20,21);/q;+1/p-1. The molecule has 0 rings (SSSR count). The summed E-state index contributed by atoms with van der Waals surface area (Å²) in [6.07, 6.45) is 0.729. The van der Waals surface area contributed by atoms with Crippen molar-refractivity contribution in [2.45, 2.75) is 71.0 Å². The molecule has 25 heavy (non-hydrogen) atoms. The monoisotopic (exact) mass is 392 g/mol. The molecular weight excluding hydrogens is 359 g/mol. The van der Waals surface area contributed by atoms with E-state index in [-0.39, 0.29) is 60.5 Å². The summed E-state index contributed by atoms with van der Waals surface area (Å²) in [6.45, 7) is 8.08. The number of ether oxygens (including phenoxy) is 2. The summed E-state index contributed by atoms with van der Waals surface area (Å²) in [7, 11) is -4.53. The number of rotatable bonds is 14. The van der Waals surface area contributed by atoms with Crippen molar-refractivity contribution in [3.63, 3.8) is 0 Å². The minimum Gasteiger partial charge on any atom is -0.746 e. The van der Waals surface area contributed by atoms with E-state index in [2.05, 4.69) is 0 Å². The van der Waals surface area contributed by atoms with Crippen molar-refractivity contribution in [3.05, 3.63) is 0 Å². The maximum atomic E-state index is 11.3. The topological polar surface area (TPSA) is 116 Å². The normalized spacial score (nSPS) is 18.0. The molecule has 0 spiro atoms. The molecular formula is C16H33NaO7S. The van der Waals surface area contributed by atoms with Gasteiger partial charge >= 0.3 is 29.6 Å². The summed E-state index contributed by atoms with van der Waals surface area (Å²) in [5.41, 5.74) is -1.38. The molecule has 0 bridgehead atoms. The second kappa shape index (κ2) is 14.8. The van der Waals surface area contributed by atoms with Gasteiger partial charge in [0.1, 0.15) is 15.6 Å². The van der Waals surface area contributed by atoms with E-state index in [0.29, 0.717) is 32.5 Å². The predicted octanol–water partition coefficient (Wildman–Crippen LogP) is -1.51. The third-order valence-electron chi connectivity index (χ3n) is 3.51. The Kier molecular flexibility index (Phi) is 16.5. The first kappa shape index (κ1) is 28.0.